The van der Waals surface area contributed by atoms with E-state index in [4.69, 9.17) is 5.11 Å². The highest BCUT2D eigenvalue weighted by Gasteiger charge is 2.26. The predicted molar refractivity (Wildman–Crippen MR) is 83.6 cm³/mol. The smallest absolute Gasteiger partial charge is 0.315 e. The minimum Gasteiger partial charge on any atom is -0.394 e. The van der Waals surface area contributed by atoms with Gasteiger partial charge in [0.25, 0.3) is 5.91 Å². The number of hydrogen-bond donors (Lipinski definition) is 3. The molecule has 2 atom stereocenters. The van der Waals surface area contributed by atoms with Gasteiger partial charge in [-0.05, 0) is 11.1 Å². The lowest BCUT2D eigenvalue weighted by atomic mass is 10.00. The first-order valence-corrected chi connectivity index (χ1v) is 7.52. The van der Waals surface area contributed by atoms with Gasteiger partial charge < -0.3 is 15.5 Å². The van der Waals surface area contributed by atoms with Gasteiger partial charge in [0.2, 0.25) is 0 Å². The first-order chi connectivity index (χ1) is 12.0. The zero-order valence-corrected chi connectivity index (χ0v) is 13.1. The van der Waals surface area contributed by atoms with Crippen LogP contribution in [0.25, 0.3) is 11.1 Å². The number of aliphatic hydroxyl groups excluding tert-OH is 2. The van der Waals surface area contributed by atoms with Gasteiger partial charge in [-0.1, -0.05) is 24.3 Å². The Hall–Kier alpha value is -2.39. The number of nitrogens with zero attached hydrogens (tertiary/aromatic N) is 2. The number of carbonyl (C=O) groups excluding carboxylic acids is 1. The van der Waals surface area contributed by atoms with Gasteiger partial charge in [0.1, 0.15) is 12.8 Å². The van der Waals surface area contributed by atoms with Gasteiger partial charge in [-0.25, -0.2) is 4.39 Å². The fourth-order valence-corrected chi connectivity index (χ4v) is 2.29. The topological polar surface area (TPSA) is 87.4 Å². The van der Waals surface area contributed by atoms with Crippen LogP contribution in [0.3, 0.4) is 0 Å². The number of carbonyl (C=O) groups is 1. The zero-order valence-electron chi connectivity index (χ0n) is 13.1. The molecule has 0 unspecified atom stereocenters. The molecule has 0 saturated heterocycles. The summed E-state index contributed by atoms with van der Waals surface area (Å²) >= 11 is 0. The number of benzene rings is 1. The van der Waals surface area contributed by atoms with E-state index in [1.165, 1.54) is 12.1 Å². The highest BCUT2D eigenvalue weighted by molar-refractivity contribution is 5.79. The highest BCUT2D eigenvalue weighted by atomic mass is 19.3. The average Bonchev–Trinajstić information content (AvgIpc) is 3.08. The molecule has 6 nitrogen and oxygen atoms in total. The molecule has 2 rings (SSSR count). The second-order valence-corrected chi connectivity index (χ2v) is 5.35. The largest absolute Gasteiger partial charge is 0.394 e. The molecular weight excluding hydrogens is 339 g/mol. The Kier molecular flexibility index (Phi) is 6.54. The van der Waals surface area contributed by atoms with Crippen molar-refractivity contribution >= 4 is 5.91 Å². The van der Waals surface area contributed by atoms with E-state index in [1.807, 2.05) is 0 Å². The monoisotopic (exact) mass is 357 g/mol. The van der Waals surface area contributed by atoms with Crippen LogP contribution in [0.4, 0.5) is 13.2 Å². The van der Waals surface area contributed by atoms with E-state index in [-0.39, 0.29) is 12.2 Å². The lowest BCUT2D eigenvalue weighted by Crippen LogP contribution is -2.43. The van der Waals surface area contributed by atoms with Gasteiger partial charge in [0.15, 0.2) is 0 Å². The van der Waals surface area contributed by atoms with Crippen molar-refractivity contribution in [3.05, 3.63) is 42.2 Å². The Morgan fingerprint density at radius 2 is 1.92 bits per heavy atom. The van der Waals surface area contributed by atoms with E-state index in [9.17, 15) is 23.1 Å². The SMILES string of the molecule is O=C(N[C@H](CF)[C@@H](O)c1ccc(-c2cnn(CCO)c2)cc1)C(F)F. The van der Waals surface area contributed by atoms with Crippen LogP contribution >= 0.6 is 0 Å². The Bertz CT molecular complexity index is 691. The summed E-state index contributed by atoms with van der Waals surface area (Å²) in [5, 5.41) is 24.8. The van der Waals surface area contributed by atoms with E-state index >= 15 is 0 Å². The van der Waals surface area contributed by atoms with Crippen LogP contribution in [0.1, 0.15) is 11.7 Å². The molecule has 1 heterocycles. The van der Waals surface area contributed by atoms with Crippen molar-refractivity contribution in [3.63, 3.8) is 0 Å². The van der Waals surface area contributed by atoms with Crippen LogP contribution in [-0.2, 0) is 11.3 Å². The van der Waals surface area contributed by atoms with Crippen LogP contribution in [0.15, 0.2) is 36.7 Å². The van der Waals surface area contributed by atoms with E-state index in [0.717, 1.165) is 11.1 Å². The summed E-state index contributed by atoms with van der Waals surface area (Å²) in [5.41, 5.74) is 1.83. The van der Waals surface area contributed by atoms with E-state index in [0.29, 0.717) is 6.54 Å². The number of alkyl halides is 3. The van der Waals surface area contributed by atoms with Crippen molar-refractivity contribution in [3.8, 4) is 11.1 Å². The maximum Gasteiger partial charge on any atom is 0.315 e. The molecule has 0 aliphatic carbocycles. The molecule has 2 aromatic rings. The van der Waals surface area contributed by atoms with E-state index in [2.05, 4.69) is 5.10 Å². The molecule has 0 saturated carbocycles. The quantitative estimate of drug-likeness (QED) is 0.665. The molecule has 0 spiro atoms. The van der Waals surface area contributed by atoms with Crippen LogP contribution in [-0.4, -0.2) is 51.6 Å². The summed E-state index contributed by atoms with van der Waals surface area (Å²) < 4.78 is 39.0. The van der Waals surface area contributed by atoms with Crippen molar-refractivity contribution in [2.75, 3.05) is 13.3 Å². The van der Waals surface area contributed by atoms with Crippen LogP contribution in [0, 0.1) is 0 Å². The number of nitrogens with one attached hydrogen (secondary N) is 1. The molecular formula is C16H18F3N3O3. The molecule has 25 heavy (non-hydrogen) atoms. The number of aliphatic hydroxyl groups is 2. The van der Waals surface area contributed by atoms with Crippen LogP contribution in [0.5, 0.6) is 0 Å². The van der Waals surface area contributed by atoms with E-state index < -0.39 is 31.2 Å². The Morgan fingerprint density at radius 1 is 1.24 bits per heavy atom. The van der Waals surface area contributed by atoms with Crippen molar-refractivity contribution in [1.29, 1.82) is 0 Å². The lowest BCUT2D eigenvalue weighted by Gasteiger charge is -2.21. The average molecular weight is 357 g/mol. The van der Waals surface area contributed by atoms with Gasteiger partial charge >= 0.3 is 6.43 Å². The van der Waals surface area contributed by atoms with Gasteiger partial charge in [-0.3, -0.25) is 9.48 Å². The number of halogens is 3. The first kappa shape index (κ1) is 18.9. The minimum atomic E-state index is -3.28. The van der Waals surface area contributed by atoms with Crippen LogP contribution < -0.4 is 5.32 Å². The van der Waals surface area contributed by atoms with Gasteiger partial charge in [-0.15, -0.1) is 0 Å². The van der Waals surface area contributed by atoms with Crippen molar-refractivity contribution in [1.82, 2.24) is 15.1 Å². The van der Waals surface area contributed by atoms with Gasteiger partial charge in [0.05, 0.1) is 25.4 Å². The molecule has 0 aliphatic heterocycles. The van der Waals surface area contributed by atoms with Crippen molar-refractivity contribution in [2.45, 2.75) is 25.1 Å². The molecule has 1 amide bonds. The molecule has 0 aliphatic rings. The summed E-state index contributed by atoms with van der Waals surface area (Å²) in [6, 6.07) is 4.88. The number of aromatic nitrogens is 2. The summed E-state index contributed by atoms with van der Waals surface area (Å²) in [4.78, 5) is 11.0. The van der Waals surface area contributed by atoms with Crippen LogP contribution in [0.2, 0.25) is 0 Å². The Balaban J connectivity index is 2.10. The number of hydrogen-bond acceptors (Lipinski definition) is 4. The van der Waals surface area contributed by atoms with Gasteiger partial charge in [0, 0.05) is 11.8 Å². The molecule has 0 fully saturated rings. The molecule has 0 bridgehead atoms. The fraction of sp³-hybridized carbons (Fsp3) is 0.375. The van der Waals surface area contributed by atoms with Crippen molar-refractivity contribution in [2.24, 2.45) is 0 Å². The second kappa shape index (κ2) is 8.63. The Morgan fingerprint density at radius 3 is 2.48 bits per heavy atom. The maximum atomic E-state index is 13.0. The summed E-state index contributed by atoms with van der Waals surface area (Å²) in [6.07, 6.45) is -1.40. The number of rotatable bonds is 8. The first-order valence-electron chi connectivity index (χ1n) is 7.52. The third-order valence-electron chi connectivity index (χ3n) is 3.62. The van der Waals surface area contributed by atoms with E-state index in [1.54, 1.807) is 34.5 Å². The molecule has 1 aromatic heterocycles. The number of amides is 1. The summed E-state index contributed by atoms with van der Waals surface area (Å²) in [7, 11) is 0. The summed E-state index contributed by atoms with van der Waals surface area (Å²) in [5.74, 6) is -1.63. The van der Waals surface area contributed by atoms with Gasteiger partial charge in [-0.2, -0.15) is 13.9 Å². The Labute approximate surface area is 141 Å². The predicted octanol–water partition coefficient (Wildman–Crippen LogP) is 1.30. The van der Waals surface area contributed by atoms with Crippen molar-refractivity contribution < 1.29 is 28.2 Å². The lowest BCUT2D eigenvalue weighted by molar-refractivity contribution is -0.133. The summed E-state index contributed by atoms with van der Waals surface area (Å²) in [6.45, 7) is -0.866. The molecule has 136 valence electrons. The highest BCUT2D eigenvalue weighted by Crippen LogP contribution is 2.23. The molecule has 1 aromatic carbocycles. The third-order valence-corrected chi connectivity index (χ3v) is 3.62. The zero-order chi connectivity index (χ0) is 18.4. The normalized spacial score (nSPS) is 13.7. The fourth-order valence-electron chi connectivity index (χ4n) is 2.29. The molecule has 3 N–H and O–H groups in total. The minimum absolute atomic E-state index is 0.0405. The second-order valence-electron chi connectivity index (χ2n) is 5.35. The standard InChI is InChI=1S/C16H18F3N3O3/c17-7-13(21-16(25)15(18)19)14(24)11-3-1-10(2-4-11)12-8-20-22(9-12)5-6-23/h1-4,8-9,13-15,23-24H,5-7H2,(H,21,25)/t13-,14+/m1/s1. The third kappa shape index (κ3) is 4.80. The molecule has 0 radical (unpaired) electrons. The molecule has 9 heteroatoms. The maximum absolute atomic E-state index is 13.0.